The molecule has 0 spiro atoms. The van der Waals surface area contributed by atoms with Gasteiger partial charge in [0.25, 0.3) is 0 Å². The van der Waals surface area contributed by atoms with Crippen molar-refractivity contribution in [3.8, 4) is 23.3 Å². The minimum Gasteiger partial charge on any atom is -0.494 e. The van der Waals surface area contributed by atoms with Gasteiger partial charge in [0.15, 0.2) is 11.6 Å². The Hall–Kier alpha value is -2.77. The van der Waals surface area contributed by atoms with Crippen LogP contribution in [0.15, 0.2) is 47.4 Å². The molecule has 2 aromatic carbocycles. The van der Waals surface area contributed by atoms with Crippen LogP contribution >= 0.6 is 0 Å². The molecule has 0 saturated heterocycles. The highest BCUT2D eigenvalue weighted by Crippen LogP contribution is 2.31. The molecule has 0 aliphatic carbocycles. The van der Waals surface area contributed by atoms with Crippen LogP contribution in [0.4, 0.5) is 17.6 Å². The van der Waals surface area contributed by atoms with Crippen LogP contribution in [0.2, 0.25) is 0 Å². The van der Waals surface area contributed by atoms with Crippen LogP contribution in [0, 0.1) is 17.7 Å². The number of ether oxygens (including phenoxy) is 2. The van der Waals surface area contributed by atoms with Gasteiger partial charge in [-0.2, -0.15) is 17.9 Å². The van der Waals surface area contributed by atoms with Crippen molar-refractivity contribution in [3.05, 3.63) is 53.8 Å². The van der Waals surface area contributed by atoms with Crippen molar-refractivity contribution in [2.75, 3.05) is 20.3 Å². The third-order valence-electron chi connectivity index (χ3n) is 3.38. The van der Waals surface area contributed by atoms with Gasteiger partial charge >= 0.3 is 6.18 Å². The van der Waals surface area contributed by atoms with E-state index in [4.69, 9.17) is 9.47 Å². The van der Waals surface area contributed by atoms with Gasteiger partial charge in [0.1, 0.15) is 12.4 Å². The van der Waals surface area contributed by atoms with Crippen molar-refractivity contribution in [3.63, 3.8) is 0 Å². The number of methoxy groups -OCH3 is 1. The second-order valence-electron chi connectivity index (χ2n) is 5.29. The molecule has 2 rings (SSSR count). The third-order valence-corrected chi connectivity index (χ3v) is 4.78. The van der Waals surface area contributed by atoms with E-state index in [1.807, 2.05) is 0 Å². The van der Waals surface area contributed by atoms with Gasteiger partial charge in [-0.3, -0.25) is 0 Å². The quantitative estimate of drug-likeness (QED) is 0.579. The Morgan fingerprint density at radius 3 is 2.50 bits per heavy atom. The van der Waals surface area contributed by atoms with Crippen LogP contribution in [0.1, 0.15) is 5.56 Å². The summed E-state index contributed by atoms with van der Waals surface area (Å²) in [6.45, 7) is -0.526. The van der Waals surface area contributed by atoms with E-state index in [0.29, 0.717) is 0 Å². The Bertz CT molecular complexity index is 995. The zero-order valence-corrected chi connectivity index (χ0v) is 15.3. The van der Waals surface area contributed by atoms with Gasteiger partial charge in [-0.05, 0) is 36.4 Å². The van der Waals surface area contributed by atoms with E-state index in [-0.39, 0.29) is 29.5 Å². The number of nitrogens with one attached hydrogen (secondary N) is 1. The smallest absolute Gasteiger partial charge is 0.416 e. The molecule has 0 aromatic heterocycles. The number of hydrogen-bond donors (Lipinski definition) is 1. The van der Waals surface area contributed by atoms with Crippen molar-refractivity contribution >= 4 is 10.0 Å². The molecule has 0 saturated carbocycles. The topological polar surface area (TPSA) is 64.6 Å². The molecule has 0 fully saturated rings. The minimum absolute atomic E-state index is 0.0154. The SMILES string of the molecule is COc1ccc(S(=O)(=O)NCC#CCOc2cccc(C(F)(F)F)c2)cc1F. The molecule has 0 radical (unpaired) electrons. The maximum Gasteiger partial charge on any atom is 0.416 e. The molecule has 1 N–H and O–H groups in total. The predicted molar refractivity (Wildman–Crippen MR) is 92.9 cm³/mol. The summed E-state index contributed by atoms with van der Waals surface area (Å²) in [5.74, 6) is 3.99. The molecule has 0 unspecified atom stereocenters. The first-order valence-electron chi connectivity index (χ1n) is 7.72. The zero-order valence-electron chi connectivity index (χ0n) is 14.5. The van der Waals surface area contributed by atoms with Crippen LogP contribution in [0.5, 0.6) is 11.5 Å². The molecule has 150 valence electrons. The van der Waals surface area contributed by atoms with E-state index in [1.54, 1.807) is 0 Å². The maximum atomic E-state index is 13.6. The molecule has 2 aromatic rings. The number of halogens is 4. The van der Waals surface area contributed by atoms with Gasteiger partial charge in [-0.25, -0.2) is 12.8 Å². The summed E-state index contributed by atoms with van der Waals surface area (Å²) in [5.41, 5.74) is -0.850. The van der Waals surface area contributed by atoms with Gasteiger partial charge in [0.2, 0.25) is 10.0 Å². The van der Waals surface area contributed by atoms with Gasteiger partial charge in [0.05, 0.1) is 24.1 Å². The number of rotatable bonds is 6. The van der Waals surface area contributed by atoms with Crippen LogP contribution in [0.25, 0.3) is 0 Å². The van der Waals surface area contributed by atoms with Gasteiger partial charge in [0, 0.05) is 0 Å². The predicted octanol–water partition coefficient (Wildman–Crippen LogP) is 3.21. The van der Waals surface area contributed by atoms with Crippen molar-refractivity contribution in [1.29, 1.82) is 0 Å². The maximum absolute atomic E-state index is 13.6. The van der Waals surface area contributed by atoms with Crippen LogP contribution < -0.4 is 14.2 Å². The lowest BCUT2D eigenvalue weighted by molar-refractivity contribution is -0.137. The summed E-state index contributed by atoms with van der Waals surface area (Å²) >= 11 is 0. The van der Waals surface area contributed by atoms with E-state index in [9.17, 15) is 26.0 Å². The average molecular weight is 417 g/mol. The fourth-order valence-corrected chi connectivity index (χ4v) is 2.96. The summed E-state index contributed by atoms with van der Waals surface area (Å²) in [4.78, 5) is -0.298. The first-order valence-corrected chi connectivity index (χ1v) is 9.21. The highest BCUT2D eigenvalue weighted by molar-refractivity contribution is 7.89. The molecule has 0 bridgehead atoms. The van der Waals surface area contributed by atoms with Gasteiger partial charge < -0.3 is 9.47 Å². The van der Waals surface area contributed by atoms with Crippen molar-refractivity contribution < 1.29 is 35.5 Å². The first-order chi connectivity index (χ1) is 13.1. The molecular weight excluding hydrogens is 402 g/mol. The largest absolute Gasteiger partial charge is 0.494 e. The molecule has 0 aliphatic heterocycles. The van der Waals surface area contributed by atoms with Crippen LogP contribution in [0.3, 0.4) is 0 Å². The summed E-state index contributed by atoms with van der Waals surface area (Å²) < 4.78 is 87.4. The van der Waals surface area contributed by atoms with E-state index in [1.165, 1.54) is 31.4 Å². The Morgan fingerprint density at radius 1 is 1.11 bits per heavy atom. The van der Waals surface area contributed by atoms with E-state index in [0.717, 1.165) is 18.2 Å². The molecule has 0 heterocycles. The third kappa shape index (κ3) is 5.87. The summed E-state index contributed by atoms with van der Waals surface area (Å²) in [5, 5.41) is 0. The summed E-state index contributed by atoms with van der Waals surface area (Å²) in [6, 6.07) is 7.46. The number of alkyl halides is 3. The lowest BCUT2D eigenvalue weighted by Crippen LogP contribution is -2.24. The highest BCUT2D eigenvalue weighted by atomic mass is 32.2. The fraction of sp³-hybridized carbons (Fsp3) is 0.222. The summed E-state index contributed by atoms with van der Waals surface area (Å²) in [7, 11) is -2.73. The van der Waals surface area contributed by atoms with Gasteiger partial charge in [-0.1, -0.05) is 17.9 Å². The van der Waals surface area contributed by atoms with Crippen molar-refractivity contribution in [2.45, 2.75) is 11.1 Å². The van der Waals surface area contributed by atoms with Gasteiger partial charge in [-0.15, -0.1) is 0 Å². The van der Waals surface area contributed by atoms with Crippen molar-refractivity contribution in [1.82, 2.24) is 4.72 Å². The monoisotopic (exact) mass is 417 g/mol. The van der Waals surface area contributed by atoms with E-state index < -0.39 is 27.6 Å². The van der Waals surface area contributed by atoms with Crippen LogP contribution in [-0.4, -0.2) is 28.7 Å². The average Bonchev–Trinajstić information content (AvgIpc) is 2.64. The van der Waals surface area contributed by atoms with E-state index >= 15 is 0 Å². The van der Waals surface area contributed by atoms with E-state index in [2.05, 4.69) is 16.6 Å². The Morgan fingerprint density at radius 2 is 1.86 bits per heavy atom. The molecule has 5 nitrogen and oxygen atoms in total. The number of hydrogen-bond acceptors (Lipinski definition) is 4. The lowest BCUT2D eigenvalue weighted by Gasteiger charge is -2.08. The second-order valence-corrected chi connectivity index (χ2v) is 7.06. The summed E-state index contributed by atoms with van der Waals surface area (Å²) in [6.07, 6.45) is -4.48. The Kier molecular flexibility index (Phi) is 6.88. The molecule has 10 heteroatoms. The molecule has 0 atom stereocenters. The van der Waals surface area contributed by atoms with Crippen LogP contribution in [-0.2, 0) is 16.2 Å². The highest BCUT2D eigenvalue weighted by Gasteiger charge is 2.30. The zero-order chi connectivity index (χ0) is 20.8. The molecule has 28 heavy (non-hydrogen) atoms. The first kappa shape index (κ1) is 21.5. The Labute approximate surface area is 159 Å². The standard InChI is InChI=1S/C18H15F4NO4S/c1-26-17-8-7-15(12-16(17)19)28(24,25)23-9-2-3-10-27-14-6-4-5-13(11-14)18(20,21)22/h4-8,11-12,23H,9-10H2,1H3. The minimum atomic E-state index is -4.48. The van der Waals surface area contributed by atoms with Crippen molar-refractivity contribution in [2.24, 2.45) is 0 Å². The number of benzene rings is 2. The Balaban J connectivity index is 1.89. The fourth-order valence-electron chi connectivity index (χ4n) is 2.02. The molecule has 0 amide bonds. The second kappa shape index (κ2) is 8.95. The molecular formula is C18H15F4NO4S. The normalized spacial score (nSPS) is 11.5. The lowest BCUT2D eigenvalue weighted by atomic mass is 10.2. The number of sulfonamides is 1. The molecule has 0 aliphatic rings.